The average Bonchev–Trinajstić information content (AvgIpc) is 2.97. The van der Waals surface area contributed by atoms with Crippen LogP contribution in [0.3, 0.4) is 0 Å². The standard InChI is InChI=1S/C15H12N2O3S/c1-2-19-15(18)10-5-3-4-6-12(10)20-13-11-7-8-21-14(11)17-9-16-13/h3-9H,2H2,1H3. The molecule has 0 bridgehead atoms. The minimum atomic E-state index is -0.413. The van der Waals surface area contributed by atoms with E-state index >= 15 is 0 Å². The van der Waals surface area contributed by atoms with Gasteiger partial charge in [0, 0.05) is 0 Å². The van der Waals surface area contributed by atoms with E-state index in [0.717, 1.165) is 10.2 Å². The maximum absolute atomic E-state index is 11.9. The Morgan fingerprint density at radius 3 is 2.95 bits per heavy atom. The fourth-order valence-electron chi connectivity index (χ4n) is 1.89. The van der Waals surface area contributed by atoms with E-state index in [9.17, 15) is 4.79 Å². The van der Waals surface area contributed by atoms with Gasteiger partial charge >= 0.3 is 5.97 Å². The summed E-state index contributed by atoms with van der Waals surface area (Å²) >= 11 is 1.51. The fourth-order valence-corrected chi connectivity index (χ4v) is 2.61. The molecule has 0 unspecified atom stereocenters. The molecular formula is C15H12N2O3S. The van der Waals surface area contributed by atoms with Crippen LogP contribution in [0.25, 0.3) is 10.2 Å². The van der Waals surface area contributed by atoms with Gasteiger partial charge in [-0.25, -0.2) is 14.8 Å². The third kappa shape index (κ3) is 2.71. The van der Waals surface area contributed by atoms with Crippen molar-refractivity contribution in [2.45, 2.75) is 6.92 Å². The molecule has 1 aromatic carbocycles. The van der Waals surface area contributed by atoms with E-state index < -0.39 is 5.97 Å². The second-order valence-corrected chi connectivity index (χ2v) is 5.03. The van der Waals surface area contributed by atoms with Crippen molar-refractivity contribution in [1.82, 2.24) is 9.97 Å². The van der Waals surface area contributed by atoms with Crippen LogP contribution in [0.1, 0.15) is 17.3 Å². The normalized spacial score (nSPS) is 10.5. The third-order valence-corrected chi connectivity index (χ3v) is 3.63. The molecule has 21 heavy (non-hydrogen) atoms. The largest absolute Gasteiger partial charge is 0.462 e. The Kier molecular flexibility index (Phi) is 3.79. The molecule has 0 aliphatic carbocycles. The van der Waals surface area contributed by atoms with Crippen LogP contribution in [0.15, 0.2) is 42.0 Å². The topological polar surface area (TPSA) is 61.3 Å². The van der Waals surface area contributed by atoms with E-state index in [1.54, 1.807) is 31.2 Å². The monoisotopic (exact) mass is 300 g/mol. The average molecular weight is 300 g/mol. The molecule has 106 valence electrons. The van der Waals surface area contributed by atoms with E-state index in [4.69, 9.17) is 9.47 Å². The molecule has 6 heteroatoms. The Bertz CT molecular complexity index is 785. The van der Waals surface area contributed by atoms with Gasteiger partial charge in [0.05, 0.1) is 12.0 Å². The number of thiophene rings is 1. The summed E-state index contributed by atoms with van der Waals surface area (Å²) in [7, 11) is 0. The van der Waals surface area contributed by atoms with Crippen LogP contribution in [0, 0.1) is 0 Å². The van der Waals surface area contributed by atoms with Crippen LogP contribution >= 0.6 is 11.3 Å². The van der Waals surface area contributed by atoms with E-state index in [-0.39, 0.29) is 0 Å². The Hall–Kier alpha value is -2.47. The van der Waals surface area contributed by atoms with Gasteiger partial charge in [-0.3, -0.25) is 0 Å². The van der Waals surface area contributed by atoms with Crippen molar-refractivity contribution in [3.63, 3.8) is 0 Å². The first-order chi connectivity index (χ1) is 10.3. The fraction of sp³-hybridized carbons (Fsp3) is 0.133. The Morgan fingerprint density at radius 1 is 1.24 bits per heavy atom. The van der Waals surface area contributed by atoms with E-state index in [1.807, 2.05) is 11.4 Å². The Balaban J connectivity index is 1.98. The van der Waals surface area contributed by atoms with Gasteiger partial charge in [-0.15, -0.1) is 11.3 Å². The van der Waals surface area contributed by atoms with Crippen molar-refractivity contribution < 1.29 is 14.3 Å². The van der Waals surface area contributed by atoms with Gasteiger partial charge in [0.25, 0.3) is 0 Å². The van der Waals surface area contributed by atoms with E-state index in [1.165, 1.54) is 17.7 Å². The molecule has 0 fully saturated rings. The number of ether oxygens (including phenoxy) is 2. The molecule has 0 aliphatic heterocycles. The van der Waals surface area contributed by atoms with Gasteiger partial charge in [-0.2, -0.15) is 0 Å². The maximum Gasteiger partial charge on any atom is 0.341 e. The lowest BCUT2D eigenvalue weighted by molar-refractivity contribution is 0.0523. The van der Waals surface area contributed by atoms with Crippen molar-refractivity contribution in [2.24, 2.45) is 0 Å². The first-order valence-corrected chi connectivity index (χ1v) is 7.29. The smallest absolute Gasteiger partial charge is 0.341 e. The summed E-state index contributed by atoms with van der Waals surface area (Å²) in [5.41, 5.74) is 0.376. The minimum Gasteiger partial charge on any atom is -0.462 e. The molecule has 0 atom stereocenters. The molecule has 0 saturated carbocycles. The zero-order chi connectivity index (χ0) is 14.7. The number of esters is 1. The van der Waals surface area contributed by atoms with Gasteiger partial charge in [-0.05, 0) is 30.5 Å². The lowest BCUT2D eigenvalue weighted by Gasteiger charge is -2.10. The molecular weight excluding hydrogens is 288 g/mol. The van der Waals surface area contributed by atoms with Crippen molar-refractivity contribution in [3.8, 4) is 11.6 Å². The first kappa shape index (κ1) is 13.5. The number of carbonyl (C=O) groups excluding carboxylic acids is 1. The summed E-state index contributed by atoms with van der Waals surface area (Å²) in [5.74, 6) is 0.434. The molecule has 0 radical (unpaired) electrons. The lowest BCUT2D eigenvalue weighted by atomic mass is 10.2. The van der Waals surface area contributed by atoms with Crippen molar-refractivity contribution in [2.75, 3.05) is 6.61 Å². The van der Waals surface area contributed by atoms with Gasteiger partial charge in [0.1, 0.15) is 22.5 Å². The number of aromatic nitrogens is 2. The van der Waals surface area contributed by atoms with Crippen LogP contribution in [-0.2, 0) is 4.74 Å². The highest BCUT2D eigenvalue weighted by molar-refractivity contribution is 7.16. The van der Waals surface area contributed by atoms with Crippen molar-refractivity contribution in [1.29, 1.82) is 0 Å². The van der Waals surface area contributed by atoms with E-state index in [0.29, 0.717) is 23.8 Å². The highest BCUT2D eigenvalue weighted by atomic mass is 32.1. The highest BCUT2D eigenvalue weighted by Gasteiger charge is 2.15. The number of rotatable bonds is 4. The predicted octanol–water partition coefficient (Wildman–Crippen LogP) is 3.66. The summed E-state index contributed by atoms with van der Waals surface area (Å²) in [6.07, 6.45) is 1.45. The maximum atomic E-state index is 11.9. The van der Waals surface area contributed by atoms with Gasteiger partial charge in [0.15, 0.2) is 0 Å². The first-order valence-electron chi connectivity index (χ1n) is 6.42. The number of hydrogen-bond acceptors (Lipinski definition) is 6. The molecule has 0 spiro atoms. The summed E-state index contributed by atoms with van der Waals surface area (Å²) in [6, 6.07) is 8.83. The van der Waals surface area contributed by atoms with Crippen molar-refractivity contribution in [3.05, 3.63) is 47.6 Å². The van der Waals surface area contributed by atoms with Crippen LogP contribution in [-0.4, -0.2) is 22.5 Å². The third-order valence-electron chi connectivity index (χ3n) is 2.81. The van der Waals surface area contributed by atoms with E-state index in [2.05, 4.69) is 9.97 Å². The van der Waals surface area contributed by atoms with Crippen LogP contribution < -0.4 is 4.74 Å². The van der Waals surface area contributed by atoms with Crippen LogP contribution in [0.4, 0.5) is 0 Å². The zero-order valence-corrected chi connectivity index (χ0v) is 12.1. The van der Waals surface area contributed by atoms with Gasteiger partial charge in [-0.1, -0.05) is 12.1 Å². The molecule has 2 aromatic heterocycles. The molecule has 3 aromatic rings. The number of carbonyl (C=O) groups is 1. The summed E-state index contributed by atoms with van der Waals surface area (Å²) in [4.78, 5) is 21.1. The SMILES string of the molecule is CCOC(=O)c1ccccc1Oc1ncnc2sccc12. The van der Waals surface area contributed by atoms with Crippen LogP contribution in [0.5, 0.6) is 11.6 Å². The minimum absolute atomic E-state index is 0.315. The predicted molar refractivity (Wildman–Crippen MR) is 79.9 cm³/mol. The molecule has 2 heterocycles. The molecule has 0 amide bonds. The Labute approximate surface area is 125 Å². The highest BCUT2D eigenvalue weighted by Crippen LogP contribution is 2.31. The zero-order valence-electron chi connectivity index (χ0n) is 11.3. The van der Waals surface area contributed by atoms with Gasteiger partial charge < -0.3 is 9.47 Å². The summed E-state index contributed by atoms with van der Waals surface area (Å²) in [5, 5.41) is 2.74. The number of para-hydroxylation sites is 1. The second kappa shape index (κ2) is 5.88. The summed E-state index contributed by atoms with van der Waals surface area (Å²) < 4.78 is 10.8. The lowest BCUT2D eigenvalue weighted by Crippen LogP contribution is -2.06. The number of hydrogen-bond donors (Lipinski definition) is 0. The summed E-state index contributed by atoms with van der Waals surface area (Å²) in [6.45, 7) is 2.08. The van der Waals surface area contributed by atoms with Crippen molar-refractivity contribution >= 4 is 27.5 Å². The molecule has 5 nitrogen and oxygen atoms in total. The molecule has 0 saturated heterocycles. The van der Waals surface area contributed by atoms with Crippen LogP contribution in [0.2, 0.25) is 0 Å². The molecule has 0 aliphatic rings. The quantitative estimate of drug-likeness (QED) is 0.688. The number of benzene rings is 1. The molecule has 0 N–H and O–H groups in total. The molecule has 3 rings (SSSR count). The second-order valence-electron chi connectivity index (χ2n) is 4.14. The Morgan fingerprint density at radius 2 is 2.10 bits per heavy atom. The number of nitrogens with zero attached hydrogens (tertiary/aromatic N) is 2. The van der Waals surface area contributed by atoms with Gasteiger partial charge in [0.2, 0.25) is 5.88 Å². The number of fused-ring (bicyclic) bond motifs is 1.